The van der Waals surface area contributed by atoms with Gasteiger partial charge in [-0.15, -0.1) is 0 Å². The molecule has 4 heteroatoms. The number of pyridine rings is 2. The van der Waals surface area contributed by atoms with E-state index in [1.54, 1.807) is 24.8 Å². The van der Waals surface area contributed by atoms with Crippen LogP contribution in [0.1, 0.15) is 21.5 Å². The quantitative estimate of drug-likeness (QED) is 0.416. The first-order chi connectivity index (χ1) is 14.3. The zero-order valence-corrected chi connectivity index (χ0v) is 15.9. The van der Waals surface area contributed by atoms with E-state index in [0.29, 0.717) is 24.3 Å². The predicted octanol–water partition coefficient (Wildman–Crippen LogP) is 5.15. The molecule has 0 aliphatic carbocycles. The molecule has 29 heavy (non-hydrogen) atoms. The maximum atomic E-state index is 13.0. The topological polar surface area (TPSA) is 52.1 Å². The first-order valence-electron chi connectivity index (χ1n) is 9.43. The summed E-state index contributed by atoms with van der Waals surface area (Å²) in [4.78, 5) is 21.1. The number of carbonyl (C=O) groups excluding carboxylic acids is 1. The van der Waals surface area contributed by atoms with Gasteiger partial charge in [0.15, 0.2) is 5.78 Å². The fourth-order valence-corrected chi connectivity index (χ4v) is 3.11. The van der Waals surface area contributed by atoms with Gasteiger partial charge in [0.1, 0.15) is 12.4 Å². The zero-order valence-electron chi connectivity index (χ0n) is 15.9. The molecule has 0 N–H and O–H groups in total. The van der Waals surface area contributed by atoms with E-state index in [9.17, 15) is 4.79 Å². The third kappa shape index (κ3) is 4.74. The van der Waals surface area contributed by atoms with E-state index in [-0.39, 0.29) is 5.78 Å². The summed E-state index contributed by atoms with van der Waals surface area (Å²) in [6.45, 7) is 0.399. The van der Waals surface area contributed by atoms with Crippen LogP contribution in [0.5, 0.6) is 5.75 Å². The van der Waals surface area contributed by atoms with E-state index in [2.05, 4.69) is 9.97 Å². The number of nitrogens with zero attached hydrogens (tertiary/aromatic N) is 2. The van der Waals surface area contributed by atoms with E-state index < -0.39 is 0 Å². The first kappa shape index (κ1) is 18.6. The van der Waals surface area contributed by atoms with Crippen LogP contribution in [0.3, 0.4) is 0 Å². The molecule has 2 heterocycles. The minimum atomic E-state index is 0.0144. The van der Waals surface area contributed by atoms with Gasteiger partial charge in [-0.2, -0.15) is 0 Å². The number of ether oxygens (including phenoxy) is 1. The highest BCUT2D eigenvalue weighted by Gasteiger charge is 2.15. The van der Waals surface area contributed by atoms with Crippen LogP contribution in [-0.4, -0.2) is 15.8 Å². The molecule has 4 nitrogen and oxygen atoms in total. The Bertz CT molecular complexity index is 1080. The van der Waals surface area contributed by atoms with Gasteiger partial charge in [0.25, 0.3) is 0 Å². The molecule has 0 atom stereocenters. The Morgan fingerprint density at radius 3 is 2.14 bits per heavy atom. The number of rotatable bonds is 7. The molecule has 0 bridgehead atoms. The molecule has 0 fully saturated rings. The third-order valence-corrected chi connectivity index (χ3v) is 4.65. The fraction of sp³-hybridized carbons (Fsp3) is 0.0800. The van der Waals surface area contributed by atoms with Crippen molar-refractivity contribution in [1.29, 1.82) is 0 Å². The summed E-state index contributed by atoms with van der Waals surface area (Å²) < 4.78 is 6.10. The molecular weight excluding hydrogens is 360 g/mol. The van der Waals surface area contributed by atoms with Crippen LogP contribution >= 0.6 is 0 Å². The molecule has 0 unspecified atom stereocenters. The van der Waals surface area contributed by atoms with Crippen molar-refractivity contribution in [3.63, 3.8) is 0 Å². The number of Topliss-reactive ketones (excluding diaryl/α,β-unsaturated/α-hetero) is 1. The minimum absolute atomic E-state index is 0.0144. The Kier molecular flexibility index (Phi) is 5.72. The second kappa shape index (κ2) is 8.93. The van der Waals surface area contributed by atoms with Gasteiger partial charge in [-0.05, 0) is 58.7 Å². The molecule has 2 aromatic heterocycles. The summed E-state index contributed by atoms with van der Waals surface area (Å²) in [5, 5.41) is 0. The van der Waals surface area contributed by atoms with Gasteiger partial charge < -0.3 is 4.74 Å². The molecule has 4 rings (SSSR count). The normalized spacial score (nSPS) is 10.5. The van der Waals surface area contributed by atoms with Gasteiger partial charge in [0, 0.05) is 31.2 Å². The molecule has 2 aromatic carbocycles. The standard InChI is InChI=1S/C25H20N2O2/c28-24(16-19-8-12-26-13-9-19)23-7-6-22(21-10-14-27-15-11-21)17-25(23)29-18-20-4-2-1-3-5-20/h1-15,17H,16,18H2. The fourth-order valence-electron chi connectivity index (χ4n) is 3.11. The lowest BCUT2D eigenvalue weighted by Gasteiger charge is -2.13. The van der Waals surface area contributed by atoms with Crippen molar-refractivity contribution in [2.24, 2.45) is 0 Å². The summed E-state index contributed by atoms with van der Waals surface area (Å²) in [7, 11) is 0. The lowest BCUT2D eigenvalue weighted by molar-refractivity contribution is 0.0988. The second-order valence-corrected chi connectivity index (χ2v) is 6.68. The van der Waals surface area contributed by atoms with E-state index in [1.165, 1.54) is 0 Å². The molecule has 0 aliphatic heterocycles. The van der Waals surface area contributed by atoms with Crippen molar-refractivity contribution in [2.75, 3.05) is 0 Å². The van der Waals surface area contributed by atoms with Gasteiger partial charge in [-0.1, -0.05) is 36.4 Å². The molecule has 142 valence electrons. The molecule has 0 saturated carbocycles. The van der Waals surface area contributed by atoms with Crippen LogP contribution in [0.15, 0.2) is 97.6 Å². The average Bonchev–Trinajstić information content (AvgIpc) is 2.79. The molecular formula is C25H20N2O2. The monoisotopic (exact) mass is 380 g/mol. The number of benzene rings is 2. The van der Waals surface area contributed by atoms with Crippen LogP contribution in [0.2, 0.25) is 0 Å². The van der Waals surface area contributed by atoms with Crippen LogP contribution in [0.25, 0.3) is 11.1 Å². The zero-order chi connectivity index (χ0) is 19.9. The molecule has 4 aromatic rings. The Morgan fingerprint density at radius 2 is 1.41 bits per heavy atom. The average molecular weight is 380 g/mol. The summed E-state index contributed by atoms with van der Waals surface area (Å²) in [6.07, 6.45) is 7.20. The van der Waals surface area contributed by atoms with Crippen molar-refractivity contribution >= 4 is 5.78 Å². The Hall–Kier alpha value is -3.79. The van der Waals surface area contributed by atoms with Gasteiger partial charge in [-0.3, -0.25) is 14.8 Å². The van der Waals surface area contributed by atoms with Gasteiger partial charge >= 0.3 is 0 Å². The molecule has 0 saturated heterocycles. The predicted molar refractivity (Wildman–Crippen MR) is 113 cm³/mol. The van der Waals surface area contributed by atoms with Crippen LogP contribution in [-0.2, 0) is 13.0 Å². The SMILES string of the molecule is O=C(Cc1ccncc1)c1ccc(-c2ccncc2)cc1OCc1ccccc1. The van der Waals surface area contributed by atoms with Crippen molar-refractivity contribution in [3.05, 3.63) is 114 Å². The van der Waals surface area contributed by atoms with Gasteiger partial charge in [0.05, 0.1) is 5.56 Å². The van der Waals surface area contributed by atoms with Crippen LogP contribution in [0, 0.1) is 0 Å². The second-order valence-electron chi connectivity index (χ2n) is 6.68. The van der Waals surface area contributed by atoms with Crippen molar-refractivity contribution in [3.8, 4) is 16.9 Å². The van der Waals surface area contributed by atoms with Gasteiger partial charge in [-0.25, -0.2) is 0 Å². The highest BCUT2D eigenvalue weighted by atomic mass is 16.5. The Morgan fingerprint density at radius 1 is 0.724 bits per heavy atom. The highest BCUT2D eigenvalue weighted by molar-refractivity contribution is 6.00. The number of aromatic nitrogens is 2. The smallest absolute Gasteiger partial charge is 0.170 e. The van der Waals surface area contributed by atoms with E-state index in [1.807, 2.05) is 72.8 Å². The molecule has 0 spiro atoms. The number of hydrogen-bond acceptors (Lipinski definition) is 4. The van der Waals surface area contributed by atoms with E-state index in [0.717, 1.165) is 22.3 Å². The minimum Gasteiger partial charge on any atom is -0.488 e. The lowest BCUT2D eigenvalue weighted by Crippen LogP contribution is -2.07. The third-order valence-electron chi connectivity index (χ3n) is 4.65. The highest BCUT2D eigenvalue weighted by Crippen LogP contribution is 2.29. The summed E-state index contributed by atoms with van der Waals surface area (Å²) in [5.41, 5.74) is 4.57. The number of hydrogen-bond donors (Lipinski definition) is 0. The van der Waals surface area contributed by atoms with E-state index >= 15 is 0 Å². The number of carbonyl (C=O) groups is 1. The summed E-state index contributed by atoms with van der Waals surface area (Å²) in [5.74, 6) is 0.600. The lowest BCUT2D eigenvalue weighted by atomic mass is 9.99. The van der Waals surface area contributed by atoms with Crippen molar-refractivity contribution in [2.45, 2.75) is 13.0 Å². The Balaban J connectivity index is 1.64. The number of ketones is 1. The molecule has 0 amide bonds. The largest absolute Gasteiger partial charge is 0.488 e. The van der Waals surface area contributed by atoms with Crippen molar-refractivity contribution in [1.82, 2.24) is 9.97 Å². The van der Waals surface area contributed by atoms with Crippen molar-refractivity contribution < 1.29 is 9.53 Å². The van der Waals surface area contributed by atoms with Crippen LogP contribution < -0.4 is 4.74 Å². The van der Waals surface area contributed by atoms with Crippen LogP contribution in [0.4, 0.5) is 0 Å². The van der Waals surface area contributed by atoms with Gasteiger partial charge in [0.2, 0.25) is 0 Å². The molecule has 0 aliphatic rings. The summed E-state index contributed by atoms with van der Waals surface area (Å²) in [6, 6.07) is 23.2. The first-order valence-corrected chi connectivity index (χ1v) is 9.43. The molecule has 0 radical (unpaired) electrons. The summed E-state index contributed by atoms with van der Waals surface area (Å²) >= 11 is 0. The Labute approximate surface area is 169 Å². The maximum absolute atomic E-state index is 13.0. The maximum Gasteiger partial charge on any atom is 0.170 e. The van der Waals surface area contributed by atoms with E-state index in [4.69, 9.17) is 4.74 Å².